The van der Waals surface area contributed by atoms with Gasteiger partial charge in [-0.1, -0.05) is 36.4 Å². The summed E-state index contributed by atoms with van der Waals surface area (Å²) in [5, 5.41) is 0. The van der Waals surface area contributed by atoms with E-state index in [9.17, 15) is 0 Å². The van der Waals surface area contributed by atoms with E-state index in [0.717, 1.165) is 29.0 Å². The number of nitrogens with zero attached hydrogens (tertiary/aromatic N) is 1. The molecule has 2 heterocycles. The summed E-state index contributed by atoms with van der Waals surface area (Å²) in [5.74, 6) is 0.841. The Labute approximate surface area is 164 Å². The van der Waals surface area contributed by atoms with Crippen LogP contribution in [-0.4, -0.2) is 13.7 Å². The number of fused-ring (bicyclic) bond motifs is 3. The molecule has 5 heteroatoms. The van der Waals surface area contributed by atoms with Crippen LogP contribution in [0.15, 0.2) is 54.6 Å². The number of hydrogen-bond acceptors (Lipinski definition) is 3. The third-order valence-electron chi connectivity index (χ3n) is 4.53. The summed E-state index contributed by atoms with van der Waals surface area (Å²) >= 11 is 4.05. The van der Waals surface area contributed by atoms with Crippen molar-refractivity contribution in [3.05, 3.63) is 68.6 Å². The SMILES string of the molecule is COc1ccc(CCN2c3cc(I)sc3-c3ccccc3[C@@H]2F)cc1. The average molecular weight is 465 g/mol. The Balaban J connectivity index is 1.63. The van der Waals surface area contributed by atoms with Gasteiger partial charge in [0.25, 0.3) is 0 Å². The molecule has 1 atom stereocenters. The molecular weight excluding hydrogens is 448 g/mol. The van der Waals surface area contributed by atoms with Gasteiger partial charge in [-0.3, -0.25) is 0 Å². The fourth-order valence-electron chi connectivity index (χ4n) is 3.24. The molecule has 0 saturated carbocycles. The highest BCUT2D eigenvalue weighted by Gasteiger charge is 2.32. The highest BCUT2D eigenvalue weighted by Crippen LogP contribution is 2.49. The molecule has 1 aliphatic heterocycles. The molecule has 0 fully saturated rings. The quantitative estimate of drug-likeness (QED) is 0.343. The number of benzene rings is 2. The Morgan fingerprint density at radius 2 is 1.92 bits per heavy atom. The fourth-order valence-corrected chi connectivity index (χ4v) is 5.13. The molecule has 1 aliphatic rings. The van der Waals surface area contributed by atoms with Crippen molar-refractivity contribution in [1.29, 1.82) is 0 Å². The van der Waals surface area contributed by atoms with Crippen molar-refractivity contribution < 1.29 is 9.13 Å². The van der Waals surface area contributed by atoms with Crippen LogP contribution >= 0.6 is 33.9 Å². The van der Waals surface area contributed by atoms with Gasteiger partial charge in [0.2, 0.25) is 0 Å². The topological polar surface area (TPSA) is 12.5 Å². The van der Waals surface area contributed by atoms with E-state index in [1.807, 2.05) is 53.4 Å². The molecule has 0 unspecified atom stereocenters. The molecule has 2 aromatic carbocycles. The standard InChI is InChI=1S/C20H17FINOS/c1-24-14-8-6-13(7-9-14)10-11-23-17-12-18(22)25-19(17)15-4-2-3-5-16(15)20(23)21/h2-9,12,20H,10-11H2,1H3/t20-/m1/s1. The molecule has 0 bridgehead atoms. The van der Waals surface area contributed by atoms with E-state index in [1.54, 1.807) is 18.4 Å². The Kier molecular flexibility index (Phi) is 4.69. The summed E-state index contributed by atoms with van der Waals surface area (Å²) in [5.41, 5.74) is 3.98. The second-order valence-corrected chi connectivity index (χ2v) is 8.93. The predicted octanol–water partition coefficient (Wildman–Crippen LogP) is 6.06. The third-order valence-corrected chi connectivity index (χ3v) is 6.45. The number of hydrogen-bond donors (Lipinski definition) is 0. The number of halogens is 2. The van der Waals surface area contributed by atoms with Crippen LogP contribution in [0.4, 0.5) is 10.1 Å². The molecule has 25 heavy (non-hydrogen) atoms. The first-order valence-corrected chi connectivity index (χ1v) is 9.99. The van der Waals surface area contributed by atoms with Crippen LogP contribution in [0.5, 0.6) is 5.75 Å². The first-order valence-electron chi connectivity index (χ1n) is 8.09. The van der Waals surface area contributed by atoms with Crippen LogP contribution in [0.2, 0.25) is 0 Å². The molecule has 2 nitrogen and oxygen atoms in total. The van der Waals surface area contributed by atoms with Gasteiger partial charge in [0.15, 0.2) is 6.30 Å². The maximum atomic E-state index is 15.3. The number of thiophene rings is 1. The summed E-state index contributed by atoms with van der Waals surface area (Å²) in [4.78, 5) is 3.06. The van der Waals surface area contributed by atoms with Gasteiger partial charge in [-0.2, -0.15) is 0 Å². The molecule has 128 valence electrons. The lowest BCUT2D eigenvalue weighted by Gasteiger charge is -2.34. The molecule has 3 aromatic rings. The normalized spacial score (nSPS) is 15.6. The average Bonchev–Trinajstić information content (AvgIpc) is 3.04. The Hall–Kier alpha value is -1.60. The minimum atomic E-state index is -1.10. The van der Waals surface area contributed by atoms with Gasteiger partial charge in [0.1, 0.15) is 5.75 Å². The summed E-state index contributed by atoms with van der Waals surface area (Å²) in [7, 11) is 1.66. The second kappa shape index (κ2) is 6.96. The number of alkyl halides is 1. The molecule has 4 rings (SSSR count). The smallest absolute Gasteiger partial charge is 0.199 e. The van der Waals surface area contributed by atoms with Gasteiger partial charge in [-0.05, 0) is 52.8 Å². The monoisotopic (exact) mass is 465 g/mol. The van der Waals surface area contributed by atoms with Gasteiger partial charge in [0, 0.05) is 17.7 Å². The van der Waals surface area contributed by atoms with Gasteiger partial charge < -0.3 is 9.64 Å². The van der Waals surface area contributed by atoms with E-state index in [4.69, 9.17) is 4.74 Å². The van der Waals surface area contributed by atoms with Crippen molar-refractivity contribution in [2.45, 2.75) is 12.7 Å². The Morgan fingerprint density at radius 1 is 1.16 bits per heavy atom. The van der Waals surface area contributed by atoms with Crippen molar-refractivity contribution in [3.63, 3.8) is 0 Å². The van der Waals surface area contributed by atoms with Crippen LogP contribution in [0.1, 0.15) is 17.4 Å². The van der Waals surface area contributed by atoms with Crippen molar-refractivity contribution >= 4 is 39.6 Å². The molecule has 0 N–H and O–H groups in total. The van der Waals surface area contributed by atoms with Gasteiger partial charge in [-0.15, -0.1) is 11.3 Å². The van der Waals surface area contributed by atoms with Gasteiger partial charge >= 0.3 is 0 Å². The first kappa shape index (κ1) is 16.8. The fraction of sp³-hybridized carbons (Fsp3) is 0.200. The zero-order valence-electron chi connectivity index (χ0n) is 13.7. The van der Waals surface area contributed by atoms with Crippen LogP contribution in [0, 0.1) is 2.88 Å². The molecule has 0 radical (unpaired) electrons. The molecule has 1 aromatic heterocycles. The van der Waals surface area contributed by atoms with Gasteiger partial charge in [0.05, 0.1) is 20.6 Å². The lowest BCUT2D eigenvalue weighted by molar-refractivity contribution is 0.326. The number of methoxy groups -OCH3 is 1. The van der Waals surface area contributed by atoms with Gasteiger partial charge in [-0.25, -0.2) is 4.39 Å². The lowest BCUT2D eigenvalue weighted by Crippen LogP contribution is -2.31. The minimum absolute atomic E-state index is 0.641. The zero-order chi connectivity index (χ0) is 17.4. The molecule has 0 saturated heterocycles. The summed E-state index contributed by atoms with van der Waals surface area (Å²) in [6, 6.07) is 17.9. The van der Waals surface area contributed by atoms with E-state index in [-0.39, 0.29) is 0 Å². The van der Waals surface area contributed by atoms with E-state index in [0.29, 0.717) is 6.54 Å². The Bertz CT molecular complexity index is 893. The van der Waals surface area contributed by atoms with E-state index >= 15 is 4.39 Å². The minimum Gasteiger partial charge on any atom is -0.497 e. The largest absolute Gasteiger partial charge is 0.497 e. The van der Waals surface area contributed by atoms with Crippen molar-refractivity contribution in [2.24, 2.45) is 0 Å². The number of rotatable bonds is 4. The molecule has 0 aliphatic carbocycles. The van der Waals surface area contributed by atoms with E-state index in [1.165, 1.54) is 13.3 Å². The zero-order valence-corrected chi connectivity index (χ0v) is 16.7. The highest BCUT2D eigenvalue weighted by atomic mass is 127. The van der Waals surface area contributed by atoms with Crippen LogP contribution in [-0.2, 0) is 6.42 Å². The Morgan fingerprint density at radius 3 is 2.68 bits per heavy atom. The second-order valence-electron chi connectivity index (χ2n) is 5.98. The van der Waals surface area contributed by atoms with Crippen molar-refractivity contribution in [1.82, 2.24) is 0 Å². The highest BCUT2D eigenvalue weighted by molar-refractivity contribution is 14.1. The first-order chi connectivity index (χ1) is 12.2. The summed E-state index contributed by atoms with van der Waals surface area (Å²) in [6.45, 7) is 0.641. The third kappa shape index (κ3) is 3.15. The lowest BCUT2D eigenvalue weighted by atomic mass is 9.98. The summed E-state index contributed by atoms with van der Waals surface area (Å²) < 4.78 is 21.6. The van der Waals surface area contributed by atoms with Crippen LogP contribution in [0.3, 0.4) is 0 Å². The number of anilines is 1. The van der Waals surface area contributed by atoms with Crippen molar-refractivity contribution in [3.8, 4) is 16.2 Å². The summed E-state index contributed by atoms with van der Waals surface area (Å²) in [6.07, 6.45) is -0.314. The van der Waals surface area contributed by atoms with E-state index < -0.39 is 6.30 Å². The predicted molar refractivity (Wildman–Crippen MR) is 110 cm³/mol. The molecule has 0 amide bonds. The van der Waals surface area contributed by atoms with Crippen molar-refractivity contribution in [2.75, 3.05) is 18.6 Å². The van der Waals surface area contributed by atoms with Crippen LogP contribution < -0.4 is 9.64 Å². The maximum Gasteiger partial charge on any atom is 0.199 e. The molecule has 0 spiro atoms. The van der Waals surface area contributed by atoms with E-state index in [2.05, 4.69) is 28.7 Å². The molecular formula is C20H17FINOS. The maximum absolute atomic E-state index is 15.3. The number of ether oxygens (including phenoxy) is 1. The van der Waals surface area contributed by atoms with Crippen LogP contribution in [0.25, 0.3) is 10.4 Å².